The van der Waals surface area contributed by atoms with Crippen molar-refractivity contribution in [3.8, 4) is 0 Å². The van der Waals surface area contributed by atoms with E-state index in [1.807, 2.05) is 0 Å². The number of carboxylic acid groups (broad SMARTS) is 1. The Morgan fingerprint density at radius 3 is 2.75 bits per heavy atom. The van der Waals surface area contributed by atoms with Gasteiger partial charge in [-0.05, 0) is 13.5 Å². The Hall–Kier alpha value is -1.10. The highest BCUT2D eigenvalue weighted by Gasteiger charge is 2.33. The van der Waals surface area contributed by atoms with E-state index in [0.717, 1.165) is 19.3 Å². The second-order valence-corrected chi connectivity index (χ2v) is 4.32. The van der Waals surface area contributed by atoms with E-state index in [9.17, 15) is 9.59 Å². The second kappa shape index (κ2) is 5.84. The number of carbonyl (C=O) groups is 2. The molecular weight excluding hydrogens is 208 g/mol. The number of likely N-dealkylation sites (N-methyl/N-ethyl adjacent to an activating group) is 1. The fourth-order valence-electron chi connectivity index (χ4n) is 1.91. The van der Waals surface area contributed by atoms with Crippen LogP contribution in [0.25, 0.3) is 0 Å². The monoisotopic (exact) mass is 228 g/mol. The van der Waals surface area contributed by atoms with Crippen molar-refractivity contribution in [2.45, 2.75) is 32.2 Å². The Morgan fingerprint density at radius 2 is 2.19 bits per heavy atom. The molecule has 1 aliphatic rings. The third-order valence-electron chi connectivity index (χ3n) is 2.98. The smallest absolute Gasteiger partial charge is 0.322 e. The normalized spacial score (nSPS) is 22.5. The van der Waals surface area contributed by atoms with E-state index in [-0.39, 0.29) is 12.5 Å². The van der Waals surface area contributed by atoms with Gasteiger partial charge in [0.1, 0.15) is 6.04 Å². The van der Waals surface area contributed by atoms with Crippen LogP contribution in [0.5, 0.6) is 0 Å². The van der Waals surface area contributed by atoms with Crippen LogP contribution in [0.2, 0.25) is 0 Å². The highest BCUT2D eigenvalue weighted by molar-refractivity contribution is 5.83. The zero-order valence-electron chi connectivity index (χ0n) is 9.98. The Bertz CT molecular complexity index is 268. The minimum absolute atomic E-state index is 0.0381. The van der Waals surface area contributed by atoms with Crippen molar-refractivity contribution in [1.29, 1.82) is 0 Å². The van der Waals surface area contributed by atoms with Crippen LogP contribution in [0, 0.1) is 0 Å². The van der Waals surface area contributed by atoms with E-state index >= 15 is 0 Å². The molecule has 1 saturated heterocycles. The number of carbonyl (C=O) groups excluding carboxylic acids is 1. The summed E-state index contributed by atoms with van der Waals surface area (Å²) in [5.41, 5.74) is 0. The standard InChI is InChI=1S/C11H20N2O3/c1-3-4-5-6-13-7-9(11(15)16)12(2)8-10(13)14/h9H,3-8H2,1-2H3,(H,15,16). The third kappa shape index (κ3) is 3.20. The molecule has 0 aromatic rings. The van der Waals surface area contributed by atoms with Crippen molar-refractivity contribution in [3.05, 3.63) is 0 Å². The summed E-state index contributed by atoms with van der Waals surface area (Å²) in [6.07, 6.45) is 3.14. The maximum atomic E-state index is 11.7. The number of nitrogens with zero attached hydrogens (tertiary/aromatic N) is 2. The first kappa shape index (κ1) is 13.0. The van der Waals surface area contributed by atoms with E-state index in [2.05, 4.69) is 6.92 Å². The van der Waals surface area contributed by atoms with Gasteiger partial charge < -0.3 is 10.0 Å². The first-order valence-electron chi connectivity index (χ1n) is 5.77. The SMILES string of the molecule is CCCCCN1CC(C(=O)O)N(C)CC1=O. The highest BCUT2D eigenvalue weighted by atomic mass is 16.4. The average molecular weight is 228 g/mol. The Labute approximate surface area is 96.0 Å². The molecule has 0 radical (unpaired) electrons. The van der Waals surface area contributed by atoms with Crippen molar-refractivity contribution in [2.75, 3.05) is 26.7 Å². The quantitative estimate of drug-likeness (QED) is 0.692. The van der Waals surface area contributed by atoms with E-state index < -0.39 is 12.0 Å². The van der Waals surface area contributed by atoms with Crippen LogP contribution in [-0.2, 0) is 9.59 Å². The Kier molecular flexibility index (Phi) is 4.73. The van der Waals surface area contributed by atoms with Gasteiger partial charge in [-0.25, -0.2) is 0 Å². The molecular formula is C11H20N2O3. The summed E-state index contributed by atoms with van der Waals surface area (Å²) in [7, 11) is 1.68. The zero-order valence-corrected chi connectivity index (χ0v) is 9.98. The van der Waals surface area contributed by atoms with Crippen LogP contribution >= 0.6 is 0 Å². The lowest BCUT2D eigenvalue weighted by molar-refractivity contribution is -0.150. The lowest BCUT2D eigenvalue weighted by atomic mass is 10.1. The molecule has 1 rings (SSSR count). The molecule has 1 heterocycles. The number of aliphatic carboxylic acids is 1. The number of amides is 1. The van der Waals surface area contributed by atoms with Gasteiger partial charge in [0.2, 0.25) is 5.91 Å². The molecule has 0 aromatic carbocycles. The minimum Gasteiger partial charge on any atom is -0.480 e. The minimum atomic E-state index is -0.851. The molecule has 5 heteroatoms. The predicted molar refractivity (Wildman–Crippen MR) is 60.2 cm³/mol. The molecule has 92 valence electrons. The van der Waals surface area contributed by atoms with Crippen LogP contribution in [0.1, 0.15) is 26.2 Å². The van der Waals surface area contributed by atoms with Gasteiger partial charge in [0.15, 0.2) is 0 Å². The van der Waals surface area contributed by atoms with Crippen LogP contribution in [0.15, 0.2) is 0 Å². The van der Waals surface area contributed by atoms with Crippen molar-refractivity contribution in [1.82, 2.24) is 9.80 Å². The van der Waals surface area contributed by atoms with Crippen LogP contribution in [0.3, 0.4) is 0 Å². The number of hydrogen-bond donors (Lipinski definition) is 1. The van der Waals surface area contributed by atoms with Gasteiger partial charge in [-0.1, -0.05) is 19.8 Å². The molecule has 16 heavy (non-hydrogen) atoms. The highest BCUT2D eigenvalue weighted by Crippen LogP contribution is 2.10. The molecule has 1 N–H and O–H groups in total. The number of carboxylic acids is 1. The molecule has 1 amide bonds. The van der Waals surface area contributed by atoms with Gasteiger partial charge in [0, 0.05) is 13.1 Å². The van der Waals surface area contributed by atoms with Crippen molar-refractivity contribution < 1.29 is 14.7 Å². The van der Waals surface area contributed by atoms with Crippen LogP contribution < -0.4 is 0 Å². The van der Waals surface area contributed by atoms with Crippen LogP contribution in [-0.4, -0.2) is 59.5 Å². The summed E-state index contributed by atoms with van der Waals surface area (Å²) in [5.74, 6) is -0.813. The molecule has 0 bridgehead atoms. The van der Waals surface area contributed by atoms with E-state index in [4.69, 9.17) is 5.11 Å². The zero-order chi connectivity index (χ0) is 12.1. The largest absolute Gasteiger partial charge is 0.480 e. The first-order chi connectivity index (χ1) is 7.56. The predicted octanol–water partition coefficient (Wildman–Crippen LogP) is 0.404. The third-order valence-corrected chi connectivity index (χ3v) is 2.98. The molecule has 1 aliphatic heterocycles. The number of hydrogen-bond acceptors (Lipinski definition) is 3. The molecule has 1 fully saturated rings. The Balaban J connectivity index is 2.51. The van der Waals surface area contributed by atoms with Crippen LogP contribution in [0.4, 0.5) is 0 Å². The second-order valence-electron chi connectivity index (χ2n) is 4.32. The lowest BCUT2D eigenvalue weighted by Gasteiger charge is -2.36. The lowest BCUT2D eigenvalue weighted by Crippen LogP contribution is -2.57. The first-order valence-corrected chi connectivity index (χ1v) is 5.77. The number of rotatable bonds is 5. The Morgan fingerprint density at radius 1 is 1.50 bits per heavy atom. The summed E-state index contributed by atoms with van der Waals surface area (Å²) in [6.45, 7) is 3.31. The summed E-state index contributed by atoms with van der Waals surface area (Å²) < 4.78 is 0. The van der Waals surface area contributed by atoms with E-state index in [1.54, 1.807) is 16.8 Å². The van der Waals surface area contributed by atoms with Gasteiger partial charge in [0.05, 0.1) is 6.54 Å². The van der Waals surface area contributed by atoms with Crippen molar-refractivity contribution in [3.63, 3.8) is 0 Å². The molecule has 1 unspecified atom stereocenters. The van der Waals surface area contributed by atoms with Gasteiger partial charge >= 0.3 is 5.97 Å². The van der Waals surface area contributed by atoms with E-state index in [1.165, 1.54) is 0 Å². The van der Waals surface area contributed by atoms with Crippen molar-refractivity contribution >= 4 is 11.9 Å². The summed E-state index contributed by atoms with van der Waals surface area (Å²) in [6, 6.07) is -0.556. The molecule has 1 atom stereocenters. The van der Waals surface area contributed by atoms with Crippen molar-refractivity contribution in [2.24, 2.45) is 0 Å². The maximum Gasteiger partial charge on any atom is 0.322 e. The van der Waals surface area contributed by atoms with Gasteiger partial charge in [0.25, 0.3) is 0 Å². The topological polar surface area (TPSA) is 60.9 Å². The maximum absolute atomic E-state index is 11.7. The number of piperazine rings is 1. The van der Waals surface area contributed by atoms with E-state index in [0.29, 0.717) is 13.1 Å². The molecule has 0 saturated carbocycles. The molecule has 0 aromatic heterocycles. The summed E-state index contributed by atoms with van der Waals surface area (Å²) >= 11 is 0. The number of unbranched alkanes of at least 4 members (excludes halogenated alkanes) is 2. The summed E-state index contributed by atoms with van der Waals surface area (Å²) in [5, 5.41) is 9.00. The molecule has 0 spiro atoms. The van der Waals surface area contributed by atoms with Gasteiger partial charge in [-0.3, -0.25) is 14.5 Å². The average Bonchev–Trinajstić information content (AvgIpc) is 2.21. The summed E-state index contributed by atoms with van der Waals surface area (Å²) in [4.78, 5) is 25.9. The molecule has 0 aliphatic carbocycles. The fraction of sp³-hybridized carbons (Fsp3) is 0.818. The molecule has 5 nitrogen and oxygen atoms in total. The van der Waals surface area contributed by atoms with Gasteiger partial charge in [-0.2, -0.15) is 0 Å². The fourth-order valence-corrected chi connectivity index (χ4v) is 1.91. The van der Waals surface area contributed by atoms with Gasteiger partial charge in [-0.15, -0.1) is 0 Å².